The summed E-state index contributed by atoms with van der Waals surface area (Å²) in [4.78, 5) is 3.91. The number of amidine groups is 1. The van der Waals surface area contributed by atoms with Crippen LogP contribution in [0.25, 0.3) is 0 Å². The number of hydrogen-bond donors (Lipinski definition) is 2. The molecule has 0 aliphatic carbocycles. The molecule has 0 radical (unpaired) electrons. The summed E-state index contributed by atoms with van der Waals surface area (Å²) in [7, 11) is 0. The van der Waals surface area contributed by atoms with Crippen molar-refractivity contribution in [3.63, 3.8) is 0 Å². The van der Waals surface area contributed by atoms with E-state index < -0.39 is 17.5 Å². The van der Waals surface area contributed by atoms with E-state index in [0.29, 0.717) is 6.54 Å². The average Bonchev–Trinajstić information content (AvgIpc) is 2.25. The quantitative estimate of drug-likeness (QED) is 0.636. The van der Waals surface area contributed by atoms with Crippen LogP contribution in [-0.2, 0) is 6.18 Å². The largest absolute Gasteiger partial charge is 0.507 e. The van der Waals surface area contributed by atoms with Gasteiger partial charge in [0.25, 0.3) is 0 Å². The lowest BCUT2D eigenvalue weighted by molar-refractivity contribution is -0.138. The third-order valence-electron chi connectivity index (χ3n) is 2.10. The normalized spacial score (nSPS) is 12.8. The molecule has 0 bridgehead atoms. The van der Waals surface area contributed by atoms with Crippen molar-refractivity contribution < 1.29 is 18.3 Å². The van der Waals surface area contributed by atoms with Crippen molar-refractivity contribution in [2.75, 3.05) is 6.54 Å². The molecule has 94 valence electrons. The molecule has 0 atom stereocenters. The summed E-state index contributed by atoms with van der Waals surface area (Å²) in [5.41, 5.74) is 4.59. The van der Waals surface area contributed by atoms with Crippen molar-refractivity contribution in [1.29, 1.82) is 0 Å². The molecule has 0 unspecified atom stereocenters. The Labute approximate surface area is 96.8 Å². The van der Waals surface area contributed by atoms with Crippen molar-refractivity contribution >= 4 is 5.84 Å². The number of aliphatic imine (C=N–C) groups is 1. The van der Waals surface area contributed by atoms with E-state index in [1.165, 1.54) is 6.07 Å². The Hall–Kier alpha value is -1.72. The maximum atomic E-state index is 12.5. The zero-order valence-electron chi connectivity index (χ0n) is 9.25. The molecule has 3 nitrogen and oxygen atoms in total. The first-order chi connectivity index (χ1) is 7.86. The SMILES string of the molecule is CCCN=C(N)c1ccc(O)c(C(F)(F)F)c1. The second kappa shape index (κ2) is 5.07. The van der Waals surface area contributed by atoms with Gasteiger partial charge in [0.2, 0.25) is 0 Å². The summed E-state index contributed by atoms with van der Waals surface area (Å²) in [6.45, 7) is 2.34. The molecular weight excluding hydrogens is 233 g/mol. The highest BCUT2D eigenvalue weighted by molar-refractivity contribution is 5.97. The second-order valence-electron chi connectivity index (χ2n) is 3.50. The Morgan fingerprint density at radius 1 is 1.41 bits per heavy atom. The number of nitrogens with two attached hydrogens (primary N) is 1. The first-order valence-corrected chi connectivity index (χ1v) is 5.06. The molecule has 0 aliphatic rings. The molecule has 1 aromatic rings. The molecule has 0 amide bonds. The van der Waals surface area contributed by atoms with Crippen molar-refractivity contribution in [2.24, 2.45) is 10.7 Å². The summed E-state index contributed by atoms with van der Waals surface area (Å²) in [5.74, 6) is -0.776. The lowest BCUT2D eigenvalue weighted by Crippen LogP contribution is -2.15. The van der Waals surface area contributed by atoms with Crippen molar-refractivity contribution in [3.05, 3.63) is 29.3 Å². The summed E-state index contributed by atoms with van der Waals surface area (Å²) in [5, 5.41) is 9.13. The molecule has 0 aromatic heterocycles. The first kappa shape index (κ1) is 13.3. The van der Waals surface area contributed by atoms with Gasteiger partial charge in [-0.25, -0.2) is 0 Å². The van der Waals surface area contributed by atoms with Crippen LogP contribution in [0.2, 0.25) is 0 Å². The van der Waals surface area contributed by atoms with Crippen molar-refractivity contribution in [3.8, 4) is 5.75 Å². The Morgan fingerprint density at radius 3 is 2.59 bits per heavy atom. The molecule has 3 N–H and O–H groups in total. The monoisotopic (exact) mass is 246 g/mol. The van der Waals surface area contributed by atoms with Crippen LogP contribution in [0.1, 0.15) is 24.5 Å². The highest BCUT2D eigenvalue weighted by atomic mass is 19.4. The predicted molar refractivity (Wildman–Crippen MR) is 59.0 cm³/mol. The molecule has 0 saturated carbocycles. The topological polar surface area (TPSA) is 58.6 Å². The fraction of sp³-hybridized carbons (Fsp3) is 0.364. The fourth-order valence-corrected chi connectivity index (χ4v) is 1.25. The summed E-state index contributed by atoms with van der Waals surface area (Å²) in [6.07, 6.45) is -3.85. The van der Waals surface area contributed by atoms with Gasteiger partial charge in [-0.05, 0) is 24.6 Å². The number of aromatic hydroxyl groups is 1. The van der Waals surface area contributed by atoms with Crippen molar-refractivity contribution in [1.82, 2.24) is 0 Å². The Balaban J connectivity index is 3.13. The zero-order chi connectivity index (χ0) is 13.1. The van der Waals surface area contributed by atoms with Crippen molar-refractivity contribution in [2.45, 2.75) is 19.5 Å². The van der Waals surface area contributed by atoms with Gasteiger partial charge in [0.05, 0.1) is 5.56 Å². The molecule has 6 heteroatoms. The van der Waals surface area contributed by atoms with Gasteiger partial charge in [0, 0.05) is 12.1 Å². The zero-order valence-corrected chi connectivity index (χ0v) is 9.25. The van der Waals surface area contributed by atoms with Crippen LogP contribution in [0.4, 0.5) is 13.2 Å². The van der Waals surface area contributed by atoms with Crippen LogP contribution < -0.4 is 5.73 Å². The van der Waals surface area contributed by atoms with Gasteiger partial charge in [-0.3, -0.25) is 4.99 Å². The Morgan fingerprint density at radius 2 is 2.06 bits per heavy atom. The van der Waals surface area contributed by atoms with E-state index in [4.69, 9.17) is 10.8 Å². The predicted octanol–water partition coefficient (Wildman–Crippen LogP) is 2.53. The maximum Gasteiger partial charge on any atom is 0.419 e. The van der Waals surface area contributed by atoms with E-state index in [0.717, 1.165) is 18.6 Å². The van der Waals surface area contributed by atoms with Crippen LogP contribution in [0.3, 0.4) is 0 Å². The lowest BCUT2D eigenvalue weighted by Gasteiger charge is -2.10. The van der Waals surface area contributed by atoms with Crippen LogP contribution in [0.15, 0.2) is 23.2 Å². The van der Waals surface area contributed by atoms with E-state index in [1.54, 1.807) is 0 Å². The minimum Gasteiger partial charge on any atom is -0.507 e. The van der Waals surface area contributed by atoms with Crippen LogP contribution in [-0.4, -0.2) is 17.5 Å². The lowest BCUT2D eigenvalue weighted by atomic mass is 10.1. The number of rotatable bonds is 3. The van der Waals surface area contributed by atoms with E-state index >= 15 is 0 Å². The number of alkyl halides is 3. The second-order valence-corrected chi connectivity index (χ2v) is 3.50. The average molecular weight is 246 g/mol. The number of nitrogens with zero attached hydrogens (tertiary/aromatic N) is 1. The van der Waals surface area contributed by atoms with Gasteiger partial charge in [-0.2, -0.15) is 13.2 Å². The smallest absolute Gasteiger partial charge is 0.419 e. The van der Waals surface area contributed by atoms with E-state index in [1.807, 2.05) is 6.92 Å². The van der Waals surface area contributed by atoms with Gasteiger partial charge in [0.15, 0.2) is 0 Å². The van der Waals surface area contributed by atoms with Crippen LogP contribution in [0, 0.1) is 0 Å². The van der Waals surface area contributed by atoms with E-state index in [-0.39, 0.29) is 11.4 Å². The molecular formula is C11H13F3N2O. The third-order valence-corrected chi connectivity index (χ3v) is 2.10. The molecule has 0 heterocycles. The Bertz CT molecular complexity index is 427. The van der Waals surface area contributed by atoms with Gasteiger partial charge in [0.1, 0.15) is 11.6 Å². The fourth-order valence-electron chi connectivity index (χ4n) is 1.25. The van der Waals surface area contributed by atoms with Gasteiger partial charge < -0.3 is 10.8 Å². The number of phenols is 1. The van der Waals surface area contributed by atoms with E-state index in [2.05, 4.69) is 4.99 Å². The van der Waals surface area contributed by atoms with Gasteiger partial charge >= 0.3 is 6.18 Å². The summed E-state index contributed by atoms with van der Waals surface area (Å²) in [6, 6.07) is 3.06. The van der Waals surface area contributed by atoms with E-state index in [9.17, 15) is 13.2 Å². The third kappa shape index (κ3) is 3.37. The minimum absolute atomic E-state index is 0.0392. The standard InChI is InChI=1S/C11H13F3N2O/c1-2-5-16-10(15)7-3-4-9(17)8(6-7)11(12,13)14/h3-4,6,17H,2,5H2,1H3,(H2,15,16). The highest BCUT2D eigenvalue weighted by Crippen LogP contribution is 2.35. The Kier molecular flexibility index (Phi) is 3.98. The summed E-state index contributed by atoms with van der Waals surface area (Å²) >= 11 is 0. The van der Waals surface area contributed by atoms with Gasteiger partial charge in [-0.1, -0.05) is 6.92 Å². The van der Waals surface area contributed by atoms with Gasteiger partial charge in [-0.15, -0.1) is 0 Å². The molecule has 0 fully saturated rings. The number of halogens is 3. The highest BCUT2D eigenvalue weighted by Gasteiger charge is 2.34. The molecule has 0 aliphatic heterocycles. The molecule has 1 rings (SSSR count). The molecule has 0 saturated heterocycles. The number of phenolic OH excluding ortho intramolecular Hbond substituents is 1. The molecule has 17 heavy (non-hydrogen) atoms. The number of benzene rings is 1. The summed E-state index contributed by atoms with van der Waals surface area (Å²) < 4.78 is 37.5. The first-order valence-electron chi connectivity index (χ1n) is 5.06. The van der Waals surface area contributed by atoms with Crippen LogP contribution in [0.5, 0.6) is 5.75 Å². The van der Waals surface area contributed by atoms with Crippen LogP contribution >= 0.6 is 0 Å². The molecule has 0 spiro atoms. The number of hydrogen-bond acceptors (Lipinski definition) is 2. The maximum absolute atomic E-state index is 12.5. The molecule has 1 aromatic carbocycles. The minimum atomic E-state index is -4.61.